The summed E-state index contributed by atoms with van der Waals surface area (Å²) in [6.45, 7) is 3.48. The van der Waals surface area contributed by atoms with E-state index in [1.807, 2.05) is 13.0 Å². The molecule has 0 radical (unpaired) electrons. The highest BCUT2D eigenvalue weighted by Gasteiger charge is 2.36. The van der Waals surface area contributed by atoms with Gasteiger partial charge in [0.05, 0.1) is 18.1 Å². The van der Waals surface area contributed by atoms with Gasteiger partial charge in [-0.2, -0.15) is 5.26 Å². The van der Waals surface area contributed by atoms with Crippen LogP contribution in [-0.4, -0.2) is 48.4 Å². The van der Waals surface area contributed by atoms with Crippen molar-refractivity contribution in [3.8, 4) is 17.6 Å². The molecule has 1 aliphatic rings. The maximum Gasteiger partial charge on any atom is 0.326 e. The van der Waals surface area contributed by atoms with E-state index in [2.05, 4.69) is 0 Å². The lowest BCUT2D eigenvalue weighted by Crippen LogP contribution is -2.34. The van der Waals surface area contributed by atoms with Crippen LogP contribution in [0, 0.1) is 11.3 Å². The lowest BCUT2D eigenvalue weighted by molar-refractivity contribution is -0.145. The third-order valence-electron chi connectivity index (χ3n) is 3.32. The van der Waals surface area contributed by atoms with E-state index < -0.39 is 23.7 Å². The van der Waals surface area contributed by atoms with Crippen LogP contribution < -0.4 is 9.47 Å². The van der Waals surface area contributed by atoms with Crippen molar-refractivity contribution < 1.29 is 28.6 Å². The van der Waals surface area contributed by atoms with Gasteiger partial charge in [-0.15, -0.1) is 0 Å². The molecule has 0 bridgehead atoms. The zero-order valence-corrected chi connectivity index (χ0v) is 15.7. The summed E-state index contributed by atoms with van der Waals surface area (Å²) in [5, 5.41) is 8.10. The van der Waals surface area contributed by atoms with Crippen LogP contribution in [0.2, 0.25) is 0 Å². The number of thioether (sulfide) groups is 1. The number of carbonyl (C=O) groups is 3. The van der Waals surface area contributed by atoms with E-state index in [1.54, 1.807) is 25.1 Å². The second kappa shape index (κ2) is 9.64. The fourth-order valence-corrected chi connectivity index (χ4v) is 3.07. The zero-order valence-electron chi connectivity index (χ0n) is 14.9. The van der Waals surface area contributed by atoms with Gasteiger partial charge < -0.3 is 14.2 Å². The van der Waals surface area contributed by atoms with Gasteiger partial charge in [-0.1, -0.05) is 6.07 Å². The standard InChI is InChI=1S/C18H18N2O6S/c1-3-24-14-9-12(5-6-13(14)26-8-7-19)10-15-17(22)20(18(23)27-15)11-16(21)25-4-2/h5-6,9-10H,3-4,8,11H2,1-2H3/b15-10-. The van der Waals surface area contributed by atoms with Crippen molar-refractivity contribution in [3.05, 3.63) is 28.7 Å². The van der Waals surface area contributed by atoms with Crippen LogP contribution in [0.3, 0.4) is 0 Å². The normalized spacial score (nSPS) is 15.0. The smallest absolute Gasteiger partial charge is 0.326 e. The van der Waals surface area contributed by atoms with Gasteiger partial charge >= 0.3 is 5.97 Å². The summed E-state index contributed by atoms with van der Waals surface area (Å²) in [6, 6.07) is 6.83. The molecule has 0 N–H and O–H groups in total. The predicted molar refractivity (Wildman–Crippen MR) is 98.0 cm³/mol. The van der Waals surface area contributed by atoms with E-state index in [1.165, 1.54) is 6.08 Å². The molecule has 1 saturated heterocycles. The number of hydrogen-bond donors (Lipinski definition) is 0. The predicted octanol–water partition coefficient (Wildman–Crippen LogP) is 2.59. The maximum atomic E-state index is 12.4. The first-order chi connectivity index (χ1) is 13.0. The van der Waals surface area contributed by atoms with Crippen molar-refractivity contribution in [3.63, 3.8) is 0 Å². The molecular weight excluding hydrogens is 372 g/mol. The molecule has 2 amide bonds. The van der Waals surface area contributed by atoms with Gasteiger partial charge in [-0.25, -0.2) is 0 Å². The largest absolute Gasteiger partial charge is 0.490 e. The molecule has 8 nitrogen and oxygen atoms in total. The summed E-state index contributed by atoms with van der Waals surface area (Å²) in [6.07, 6.45) is 1.53. The minimum Gasteiger partial charge on any atom is -0.490 e. The van der Waals surface area contributed by atoms with E-state index in [0.29, 0.717) is 23.7 Å². The highest BCUT2D eigenvalue weighted by Crippen LogP contribution is 2.34. The van der Waals surface area contributed by atoms with Gasteiger partial charge in [0.25, 0.3) is 11.1 Å². The lowest BCUT2D eigenvalue weighted by atomic mass is 10.2. The number of carbonyl (C=O) groups excluding carboxylic acids is 3. The quantitative estimate of drug-likeness (QED) is 0.492. The summed E-state index contributed by atoms with van der Waals surface area (Å²) < 4.78 is 15.6. The number of benzene rings is 1. The van der Waals surface area contributed by atoms with Crippen LogP contribution in [0.4, 0.5) is 4.79 Å². The van der Waals surface area contributed by atoms with E-state index in [4.69, 9.17) is 19.5 Å². The van der Waals surface area contributed by atoms with Gasteiger partial charge in [-0.3, -0.25) is 19.3 Å². The summed E-state index contributed by atoms with van der Waals surface area (Å²) in [5.41, 5.74) is 0.615. The molecule has 0 aliphatic carbocycles. The number of nitriles is 1. The van der Waals surface area contributed by atoms with Crippen molar-refractivity contribution >= 4 is 35.0 Å². The Labute approximate surface area is 160 Å². The van der Waals surface area contributed by atoms with Gasteiger partial charge in [0, 0.05) is 0 Å². The monoisotopic (exact) mass is 390 g/mol. The second-order valence-corrected chi connectivity index (χ2v) is 6.15. The zero-order chi connectivity index (χ0) is 19.8. The van der Waals surface area contributed by atoms with Crippen LogP contribution >= 0.6 is 11.8 Å². The van der Waals surface area contributed by atoms with Gasteiger partial charge in [0.1, 0.15) is 12.6 Å². The number of esters is 1. The Kier molecular flexibility index (Phi) is 7.25. The molecule has 2 rings (SSSR count). The Morgan fingerprint density at radius 2 is 2.00 bits per heavy atom. The Morgan fingerprint density at radius 1 is 1.22 bits per heavy atom. The molecule has 1 aliphatic heterocycles. The average Bonchev–Trinajstić information content (AvgIpc) is 2.89. The molecule has 142 valence electrons. The Morgan fingerprint density at radius 3 is 2.67 bits per heavy atom. The molecule has 0 unspecified atom stereocenters. The van der Waals surface area contributed by atoms with E-state index in [-0.39, 0.29) is 18.1 Å². The topological polar surface area (TPSA) is 106 Å². The van der Waals surface area contributed by atoms with Gasteiger partial charge in [-0.05, 0) is 49.4 Å². The minimum absolute atomic E-state index is 0.119. The summed E-state index contributed by atoms with van der Waals surface area (Å²) >= 11 is 0.750. The summed E-state index contributed by atoms with van der Waals surface area (Å²) in [7, 11) is 0. The number of nitrogens with zero attached hydrogens (tertiary/aromatic N) is 2. The van der Waals surface area contributed by atoms with E-state index in [9.17, 15) is 14.4 Å². The van der Waals surface area contributed by atoms with E-state index in [0.717, 1.165) is 16.7 Å². The number of hydrogen-bond acceptors (Lipinski definition) is 8. The van der Waals surface area contributed by atoms with Crippen LogP contribution in [-0.2, 0) is 14.3 Å². The molecule has 0 spiro atoms. The van der Waals surface area contributed by atoms with Crippen molar-refractivity contribution in [2.75, 3.05) is 26.4 Å². The highest BCUT2D eigenvalue weighted by molar-refractivity contribution is 8.18. The first-order valence-corrected chi connectivity index (χ1v) is 8.99. The molecular formula is C18H18N2O6S. The van der Waals surface area contributed by atoms with E-state index >= 15 is 0 Å². The summed E-state index contributed by atoms with van der Waals surface area (Å²) in [4.78, 5) is 37.0. The molecule has 1 heterocycles. The molecule has 1 aromatic rings. The molecule has 1 fully saturated rings. The van der Waals surface area contributed by atoms with Crippen LogP contribution in [0.25, 0.3) is 6.08 Å². The molecule has 0 aromatic heterocycles. The van der Waals surface area contributed by atoms with Gasteiger partial charge in [0.15, 0.2) is 18.1 Å². The Bertz CT molecular complexity index is 815. The Hall–Kier alpha value is -2.99. The molecule has 0 atom stereocenters. The first kappa shape index (κ1) is 20.3. The molecule has 1 aromatic carbocycles. The van der Waals surface area contributed by atoms with Crippen LogP contribution in [0.5, 0.6) is 11.5 Å². The van der Waals surface area contributed by atoms with Crippen LogP contribution in [0.15, 0.2) is 23.1 Å². The van der Waals surface area contributed by atoms with Crippen LogP contribution in [0.1, 0.15) is 19.4 Å². The van der Waals surface area contributed by atoms with Crippen molar-refractivity contribution in [2.45, 2.75) is 13.8 Å². The van der Waals surface area contributed by atoms with Crippen molar-refractivity contribution in [1.29, 1.82) is 5.26 Å². The van der Waals surface area contributed by atoms with Crippen molar-refractivity contribution in [1.82, 2.24) is 4.90 Å². The molecule has 27 heavy (non-hydrogen) atoms. The summed E-state index contributed by atoms with van der Waals surface area (Å²) in [5.74, 6) is -0.363. The average molecular weight is 390 g/mol. The third kappa shape index (κ3) is 5.24. The lowest BCUT2D eigenvalue weighted by Gasteiger charge is -2.11. The third-order valence-corrected chi connectivity index (χ3v) is 4.23. The number of amides is 2. The minimum atomic E-state index is -0.640. The maximum absolute atomic E-state index is 12.4. The number of ether oxygens (including phenoxy) is 3. The van der Waals surface area contributed by atoms with Gasteiger partial charge in [0.2, 0.25) is 0 Å². The number of imide groups is 1. The fourth-order valence-electron chi connectivity index (χ4n) is 2.24. The highest BCUT2D eigenvalue weighted by atomic mass is 32.2. The fraction of sp³-hybridized carbons (Fsp3) is 0.333. The molecule has 9 heteroatoms. The SMILES string of the molecule is CCOC(=O)CN1C(=O)S/C(=C\c2ccc(OCC#N)c(OCC)c2)C1=O. The van der Waals surface area contributed by atoms with Crippen molar-refractivity contribution in [2.24, 2.45) is 0 Å². The number of rotatable bonds is 8. The first-order valence-electron chi connectivity index (χ1n) is 8.17. The second-order valence-electron chi connectivity index (χ2n) is 5.16. The molecule has 0 saturated carbocycles. The Balaban J connectivity index is 2.21.